The Morgan fingerprint density at radius 3 is 2.89 bits per heavy atom. The van der Waals surface area contributed by atoms with Gasteiger partial charge in [0.25, 0.3) is 10.1 Å². The molecular formula is C18H25FN5O9PS2. The predicted octanol–water partition coefficient (Wildman–Crippen LogP) is 0.215. The molecule has 14 nitrogen and oxygen atoms in total. The Labute approximate surface area is 210 Å². The summed E-state index contributed by atoms with van der Waals surface area (Å²) in [5.41, 5.74) is 5.10. The maximum absolute atomic E-state index is 15.7. The van der Waals surface area contributed by atoms with Crippen molar-refractivity contribution in [2.24, 2.45) is 5.73 Å². The van der Waals surface area contributed by atoms with E-state index in [1.165, 1.54) is 10.9 Å². The van der Waals surface area contributed by atoms with Crippen LogP contribution >= 0.6 is 19.0 Å². The van der Waals surface area contributed by atoms with Crippen LogP contribution in [0.2, 0.25) is 0 Å². The summed E-state index contributed by atoms with van der Waals surface area (Å²) in [6, 6.07) is 0. The van der Waals surface area contributed by atoms with Gasteiger partial charge in [-0.05, 0) is 6.92 Å². The zero-order valence-corrected chi connectivity index (χ0v) is 21.5. The second-order valence-corrected chi connectivity index (χ2v) is 13.4. The predicted molar refractivity (Wildman–Crippen MR) is 124 cm³/mol. The van der Waals surface area contributed by atoms with Gasteiger partial charge in [0.2, 0.25) is 0 Å². The van der Waals surface area contributed by atoms with Crippen LogP contribution in [0.25, 0.3) is 5.70 Å². The second-order valence-electron chi connectivity index (χ2n) is 8.86. The van der Waals surface area contributed by atoms with Crippen molar-refractivity contribution in [1.82, 2.24) is 14.9 Å². The van der Waals surface area contributed by atoms with E-state index >= 15 is 4.39 Å². The molecule has 18 heteroatoms. The van der Waals surface area contributed by atoms with Crippen molar-refractivity contribution in [2.45, 2.75) is 55.6 Å². The molecule has 4 aliphatic rings. The van der Waals surface area contributed by atoms with E-state index in [2.05, 4.69) is 29.1 Å². The van der Waals surface area contributed by atoms with Crippen LogP contribution in [-0.4, -0.2) is 85.7 Å². The Balaban J connectivity index is 1.47. The number of imidazole rings is 1. The second kappa shape index (κ2) is 9.03. The minimum Gasteiger partial charge on any atom is -0.397 e. The first-order valence-electron chi connectivity index (χ1n) is 10.8. The van der Waals surface area contributed by atoms with Crippen molar-refractivity contribution in [3.8, 4) is 0 Å². The Bertz CT molecular complexity index is 1230. The van der Waals surface area contributed by atoms with Gasteiger partial charge in [0.1, 0.15) is 41.5 Å². The summed E-state index contributed by atoms with van der Waals surface area (Å²) in [5, 5.41) is 9.84. The van der Waals surface area contributed by atoms with Crippen LogP contribution in [0.3, 0.4) is 0 Å². The number of fused-ring (bicyclic) bond motifs is 1. The Morgan fingerprint density at radius 2 is 2.22 bits per heavy atom. The van der Waals surface area contributed by atoms with Crippen LogP contribution in [0.5, 0.6) is 0 Å². The maximum Gasteiger partial charge on any atom is 0.386 e. The van der Waals surface area contributed by atoms with Crippen molar-refractivity contribution in [2.75, 3.05) is 19.0 Å². The first-order valence-corrected chi connectivity index (χ1v) is 15.0. The zero-order valence-electron chi connectivity index (χ0n) is 18.9. The van der Waals surface area contributed by atoms with Crippen molar-refractivity contribution in [3.63, 3.8) is 0 Å². The number of hydrogen-bond acceptors (Lipinski definition) is 12. The Hall–Kier alpha value is -1.56. The van der Waals surface area contributed by atoms with Crippen molar-refractivity contribution >= 4 is 41.2 Å². The molecule has 9 atom stereocenters. The maximum atomic E-state index is 15.7. The molecule has 0 unspecified atom stereocenters. The molecule has 36 heavy (non-hydrogen) atoms. The van der Waals surface area contributed by atoms with Crippen LogP contribution < -0.4 is 11.1 Å². The van der Waals surface area contributed by atoms with Gasteiger partial charge in [-0.15, -0.1) is 0 Å². The largest absolute Gasteiger partial charge is 0.397 e. The smallest absolute Gasteiger partial charge is 0.386 e. The highest BCUT2D eigenvalue weighted by atomic mass is 32.7. The fourth-order valence-corrected chi connectivity index (χ4v) is 7.68. The number of thiol groups is 1. The molecule has 0 radical (unpaired) electrons. The van der Waals surface area contributed by atoms with Gasteiger partial charge in [0.05, 0.1) is 31.6 Å². The molecule has 0 amide bonds. The van der Waals surface area contributed by atoms with Gasteiger partial charge in [-0.1, -0.05) is 18.8 Å². The van der Waals surface area contributed by atoms with Gasteiger partial charge in [-0.3, -0.25) is 18.6 Å². The average Bonchev–Trinajstić information content (AvgIpc) is 3.48. The highest BCUT2D eigenvalue weighted by Crippen LogP contribution is 2.58. The van der Waals surface area contributed by atoms with E-state index in [0.29, 0.717) is 11.4 Å². The molecule has 200 valence electrons. The number of halogens is 1. The summed E-state index contributed by atoms with van der Waals surface area (Å²) < 4.78 is 89.8. The van der Waals surface area contributed by atoms with Crippen LogP contribution in [0, 0.1) is 12.3 Å². The Kier molecular flexibility index (Phi) is 6.53. The molecule has 4 saturated heterocycles. The fraction of sp³-hybridized carbons (Fsp3) is 0.667. The van der Waals surface area contributed by atoms with E-state index in [0.717, 1.165) is 6.34 Å². The van der Waals surface area contributed by atoms with Crippen LogP contribution in [0.4, 0.5) is 4.39 Å². The minimum atomic E-state index is -4.41. The SMILES string of the molecule is C=C(N)c1ncn([C@@H]2O[C@@H]3CS(=O)(=O)O[C@H]4[C@H]5OC[C@]4(CO[P@](=O)(S)O[C@H]3[C@H]2F)O[C@H]5NC=N)c1C. The van der Waals surface area contributed by atoms with Crippen LogP contribution in [0.15, 0.2) is 12.9 Å². The molecule has 0 aromatic carbocycles. The summed E-state index contributed by atoms with van der Waals surface area (Å²) in [4.78, 5) is 4.09. The lowest BCUT2D eigenvalue weighted by Crippen LogP contribution is -2.48. The molecule has 1 aromatic heterocycles. The fourth-order valence-electron chi connectivity index (χ4n) is 4.83. The van der Waals surface area contributed by atoms with E-state index in [9.17, 15) is 13.0 Å². The van der Waals surface area contributed by atoms with Gasteiger partial charge in [-0.25, -0.2) is 13.9 Å². The van der Waals surface area contributed by atoms with E-state index in [1.807, 2.05) is 0 Å². The van der Waals surface area contributed by atoms with E-state index in [-0.39, 0.29) is 12.3 Å². The van der Waals surface area contributed by atoms with Crippen molar-refractivity contribution in [3.05, 3.63) is 24.3 Å². The lowest BCUT2D eigenvalue weighted by Gasteiger charge is -2.31. The molecule has 2 bridgehead atoms. The van der Waals surface area contributed by atoms with Gasteiger partial charge in [0.15, 0.2) is 18.6 Å². The number of nitrogens with two attached hydrogens (primary N) is 1. The quantitative estimate of drug-likeness (QED) is 0.127. The molecule has 4 aliphatic heterocycles. The Morgan fingerprint density at radius 1 is 1.47 bits per heavy atom. The third kappa shape index (κ3) is 4.39. The number of hydrogen-bond donors (Lipinski definition) is 4. The van der Waals surface area contributed by atoms with Crippen LogP contribution in [0.1, 0.15) is 17.6 Å². The number of rotatable bonds is 4. The van der Waals surface area contributed by atoms with Gasteiger partial charge >= 0.3 is 6.80 Å². The van der Waals surface area contributed by atoms with Crippen molar-refractivity contribution < 1.29 is 44.8 Å². The van der Waals surface area contributed by atoms with Crippen LogP contribution in [-0.2, 0) is 42.1 Å². The molecule has 0 saturated carbocycles. The first-order chi connectivity index (χ1) is 16.9. The van der Waals surface area contributed by atoms with E-state index in [1.54, 1.807) is 6.92 Å². The molecule has 0 aliphatic carbocycles. The third-order valence-electron chi connectivity index (χ3n) is 6.48. The normalized spacial score (nSPS) is 43.8. The van der Waals surface area contributed by atoms with Gasteiger partial charge in [0, 0.05) is 5.69 Å². The number of aromatic nitrogens is 2. The molecule has 5 rings (SSSR count). The monoisotopic (exact) mass is 569 g/mol. The lowest BCUT2D eigenvalue weighted by atomic mass is 10.0. The summed E-state index contributed by atoms with van der Waals surface area (Å²) in [7, 11) is -4.41. The summed E-state index contributed by atoms with van der Waals surface area (Å²) in [6.07, 6.45) is -7.39. The number of alkyl halides is 1. The third-order valence-corrected chi connectivity index (χ3v) is 9.31. The number of nitrogens with one attached hydrogen (secondary N) is 2. The standard InChI is InChI=1S/C18H25FN5O9PS2/c1-8(21)12-9(2)24(7-23-12)17-11(19)13-10(30-17)3-36(26,27)33-15-14-16(22-6-20)31-18(15,4-28-14)5-29-34(25,35)32-13/h6-7,10-11,13-17H,1,3-5,21H2,2H3,(H2,20,22)(H,25,35)/t10-,11-,13-,14-,15+,16-,17-,18-,34+/m1/s1. The summed E-state index contributed by atoms with van der Waals surface area (Å²) in [6.45, 7) is 0.311. The lowest BCUT2D eigenvalue weighted by molar-refractivity contribution is -0.161. The number of ether oxygens (including phenoxy) is 3. The topological polar surface area (TPSA) is 186 Å². The highest BCUT2D eigenvalue weighted by molar-refractivity contribution is 8.44. The van der Waals surface area contributed by atoms with E-state index in [4.69, 9.17) is 38.6 Å². The van der Waals surface area contributed by atoms with E-state index < -0.39 is 77.9 Å². The molecule has 4 fully saturated rings. The zero-order chi connectivity index (χ0) is 26.0. The average molecular weight is 570 g/mol. The first kappa shape index (κ1) is 26.1. The van der Waals surface area contributed by atoms with Gasteiger partial charge < -0.3 is 29.8 Å². The molecule has 4 N–H and O–H groups in total. The summed E-state index contributed by atoms with van der Waals surface area (Å²) in [5.74, 6) is -0.839. The minimum absolute atomic E-state index is 0.145. The van der Waals surface area contributed by atoms with Gasteiger partial charge in [-0.2, -0.15) is 8.42 Å². The van der Waals surface area contributed by atoms with Crippen molar-refractivity contribution in [1.29, 1.82) is 5.41 Å². The molecule has 0 spiro atoms. The summed E-state index contributed by atoms with van der Waals surface area (Å²) >= 11 is 3.97. The molecule has 5 heterocycles. The molecule has 1 aromatic rings. The highest BCUT2D eigenvalue weighted by Gasteiger charge is 2.65. The molecular weight excluding hydrogens is 544 g/mol. The number of nitrogens with zero attached hydrogens (tertiary/aromatic N) is 2.